The van der Waals surface area contributed by atoms with Gasteiger partial charge in [0.1, 0.15) is 5.69 Å². The maximum atomic E-state index is 4.89. The van der Waals surface area contributed by atoms with E-state index in [0.717, 1.165) is 56.1 Å². The van der Waals surface area contributed by atoms with Crippen LogP contribution in [0.15, 0.2) is 73.9 Å². The summed E-state index contributed by atoms with van der Waals surface area (Å²) in [6, 6.07) is 9.81. The summed E-state index contributed by atoms with van der Waals surface area (Å²) in [6.45, 7) is 7.89. The van der Waals surface area contributed by atoms with Crippen LogP contribution >= 0.6 is 0 Å². The van der Waals surface area contributed by atoms with E-state index in [1.165, 1.54) is 0 Å². The van der Waals surface area contributed by atoms with Crippen LogP contribution in [-0.2, 0) is 0 Å². The number of hydrogen-bond acceptors (Lipinski definition) is 5. The van der Waals surface area contributed by atoms with Crippen molar-refractivity contribution in [3.05, 3.63) is 96.5 Å². The molecule has 7 heteroatoms. The molecule has 0 radical (unpaired) electrons. The molecule has 0 saturated heterocycles. The Hall–Kier alpha value is -4.39. The second kappa shape index (κ2) is 8.03. The van der Waals surface area contributed by atoms with Gasteiger partial charge in [0, 0.05) is 40.8 Å². The molecule has 32 heavy (non-hydrogen) atoms. The van der Waals surface area contributed by atoms with Crippen LogP contribution in [0.25, 0.3) is 39.3 Å². The van der Waals surface area contributed by atoms with Gasteiger partial charge in [-0.05, 0) is 43.7 Å². The molecule has 5 aromatic heterocycles. The quantitative estimate of drug-likeness (QED) is 0.389. The van der Waals surface area contributed by atoms with Crippen LogP contribution in [0.2, 0.25) is 0 Å². The van der Waals surface area contributed by atoms with Crippen LogP contribution in [0.5, 0.6) is 0 Å². The van der Waals surface area contributed by atoms with Crippen molar-refractivity contribution in [3.8, 4) is 22.8 Å². The molecule has 2 N–H and O–H groups in total. The zero-order valence-electron chi connectivity index (χ0n) is 17.8. The Morgan fingerprint density at radius 1 is 1.06 bits per heavy atom. The normalized spacial score (nSPS) is 11.8. The van der Waals surface area contributed by atoms with E-state index in [9.17, 15) is 0 Å². The van der Waals surface area contributed by atoms with Crippen molar-refractivity contribution in [1.82, 2.24) is 35.1 Å². The molecular formula is C25H21N7. The summed E-state index contributed by atoms with van der Waals surface area (Å²) >= 11 is 0. The highest BCUT2D eigenvalue weighted by molar-refractivity contribution is 5.93. The fourth-order valence-corrected chi connectivity index (χ4v) is 3.74. The molecule has 0 fully saturated rings. The fourth-order valence-electron chi connectivity index (χ4n) is 3.74. The van der Waals surface area contributed by atoms with Gasteiger partial charge in [0.25, 0.3) is 0 Å². The molecule has 0 aromatic carbocycles. The standard InChI is InChI=1S/C25H21N7/c1-4-7-17(20-8-5-6-10-27-20)23-16(3)29-25(30-23)24-18-12-21(28-14-22(18)31-32-24)19-13-26-11-9-15(19)2/h4-14H,1H2,2-3H3,(H,29,30)(H,31,32)/b17-7-. The van der Waals surface area contributed by atoms with Crippen molar-refractivity contribution >= 4 is 16.5 Å². The molecule has 0 atom stereocenters. The largest absolute Gasteiger partial charge is 0.340 e. The van der Waals surface area contributed by atoms with Crippen LogP contribution in [0.1, 0.15) is 22.6 Å². The molecule has 0 unspecified atom stereocenters. The number of aromatic amines is 2. The van der Waals surface area contributed by atoms with Crippen LogP contribution < -0.4 is 0 Å². The lowest BCUT2D eigenvalue weighted by Crippen LogP contribution is -1.93. The number of nitrogens with zero attached hydrogens (tertiary/aromatic N) is 5. The average molecular weight is 419 g/mol. The Kier molecular flexibility index (Phi) is 4.91. The van der Waals surface area contributed by atoms with Crippen molar-refractivity contribution < 1.29 is 0 Å². The van der Waals surface area contributed by atoms with Crippen LogP contribution in [0.3, 0.4) is 0 Å². The zero-order chi connectivity index (χ0) is 22.1. The van der Waals surface area contributed by atoms with E-state index in [4.69, 9.17) is 4.98 Å². The number of rotatable bonds is 5. The van der Waals surface area contributed by atoms with E-state index in [1.54, 1.807) is 24.7 Å². The number of pyridine rings is 3. The third kappa shape index (κ3) is 3.39. The predicted octanol–water partition coefficient (Wildman–Crippen LogP) is 5.04. The maximum absolute atomic E-state index is 4.89. The van der Waals surface area contributed by atoms with Gasteiger partial charge in [0.05, 0.1) is 28.8 Å². The van der Waals surface area contributed by atoms with Gasteiger partial charge in [-0.15, -0.1) is 0 Å². The number of imidazole rings is 1. The summed E-state index contributed by atoms with van der Waals surface area (Å²) in [7, 11) is 0. The van der Waals surface area contributed by atoms with Gasteiger partial charge in [0.2, 0.25) is 0 Å². The maximum Gasteiger partial charge on any atom is 0.159 e. The lowest BCUT2D eigenvalue weighted by Gasteiger charge is -2.04. The molecule has 5 heterocycles. The summed E-state index contributed by atoms with van der Waals surface area (Å²) in [5, 5.41) is 8.52. The Morgan fingerprint density at radius 2 is 1.97 bits per heavy atom. The summed E-state index contributed by atoms with van der Waals surface area (Å²) in [5.74, 6) is 0.676. The second-order valence-corrected chi connectivity index (χ2v) is 7.47. The van der Waals surface area contributed by atoms with E-state index in [1.807, 2.05) is 56.5 Å². The number of allylic oxidation sites excluding steroid dienone is 2. The van der Waals surface area contributed by atoms with Crippen molar-refractivity contribution in [2.45, 2.75) is 13.8 Å². The summed E-state index contributed by atoms with van der Waals surface area (Å²) < 4.78 is 0. The van der Waals surface area contributed by atoms with Gasteiger partial charge in [-0.25, -0.2) is 4.98 Å². The van der Waals surface area contributed by atoms with Gasteiger partial charge in [0.15, 0.2) is 5.82 Å². The van der Waals surface area contributed by atoms with Gasteiger partial charge in [-0.3, -0.25) is 20.1 Å². The second-order valence-electron chi connectivity index (χ2n) is 7.47. The topological polar surface area (TPSA) is 96.0 Å². The number of aromatic nitrogens is 7. The fraction of sp³-hybridized carbons (Fsp3) is 0.0800. The third-order valence-electron chi connectivity index (χ3n) is 5.35. The summed E-state index contributed by atoms with van der Waals surface area (Å²) in [5.41, 5.74) is 7.99. The Labute approximate surface area is 185 Å². The molecule has 0 amide bonds. The van der Waals surface area contributed by atoms with E-state index in [-0.39, 0.29) is 0 Å². The van der Waals surface area contributed by atoms with Gasteiger partial charge < -0.3 is 4.98 Å². The zero-order valence-corrected chi connectivity index (χ0v) is 17.8. The van der Waals surface area contributed by atoms with Crippen LogP contribution in [0, 0.1) is 13.8 Å². The first-order valence-electron chi connectivity index (χ1n) is 10.2. The van der Waals surface area contributed by atoms with Crippen molar-refractivity contribution in [1.29, 1.82) is 0 Å². The highest BCUT2D eigenvalue weighted by Crippen LogP contribution is 2.31. The minimum absolute atomic E-state index is 0.676. The van der Waals surface area contributed by atoms with E-state index < -0.39 is 0 Å². The summed E-state index contributed by atoms with van der Waals surface area (Å²) in [4.78, 5) is 21.6. The van der Waals surface area contributed by atoms with Gasteiger partial charge >= 0.3 is 0 Å². The Morgan fingerprint density at radius 3 is 2.75 bits per heavy atom. The molecular weight excluding hydrogens is 398 g/mol. The molecule has 0 saturated carbocycles. The molecule has 156 valence electrons. The predicted molar refractivity (Wildman–Crippen MR) is 126 cm³/mol. The molecule has 0 bridgehead atoms. The smallest absolute Gasteiger partial charge is 0.159 e. The molecule has 0 aliphatic heterocycles. The van der Waals surface area contributed by atoms with Crippen molar-refractivity contribution in [2.24, 2.45) is 0 Å². The first kappa shape index (κ1) is 19.6. The molecule has 5 rings (SSSR count). The first-order valence-corrected chi connectivity index (χ1v) is 10.2. The van der Waals surface area contributed by atoms with Crippen molar-refractivity contribution in [2.75, 3.05) is 0 Å². The van der Waals surface area contributed by atoms with E-state index >= 15 is 0 Å². The highest BCUT2D eigenvalue weighted by Gasteiger charge is 2.19. The third-order valence-corrected chi connectivity index (χ3v) is 5.35. The number of nitrogens with one attached hydrogen (secondary N) is 2. The molecule has 0 aliphatic carbocycles. The molecule has 0 aliphatic rings. The van der Waals surface area contributed by atoms with Gasteiger partial charge in [-0.2, -0.15) is 5.10 Å². The Balaban J connectivity index is 1.63. The number of aryl methyl sites for hydroxylation is 2. The van der Waals surface area contributed by atoms with Crippen LogP contribution in [-0.4, -0.2) is 35.1 Å². The monoisotopic (exact) mass is 419 g/mol. The van der Waals surface area contributed by atoms with Crippen molar-refractivity contribution in [3.63, 3.8) is 0 Å². The first-order chi connectivity index (χ1) is 15.7. The highest BCUT2D eigenvalue weighted by atomic mass is 15.1. The lowest BCUT2D eigenvalue weighted by atomic mass is 10.1. The minimum atomic E-state index is 0.676. The molecule has 7 nitrogen and oxygen atoms in total. The summed E-state index contributed by atoms with van der Waals surface area (Å²) in [6.07, 6.45) is 10.8. The number of H-pyrrole nitrogens is 2. The average Bonchev–Trinajstić information content (AvgIpc) is 3.41. The van der Waals surface area contributed by atoms with E-state index in [0.29, 0.717) is 5.82 Å². The molecule has 0 spiro atoms. The lowest BCUT2D eigenvalue weighted by molar-refractivity contribution is 1.10. The van der Waals surface area contributed by atoms with Gasteiger partial charge in [-0.1, -0.05) is 24.8 Å². The van der Waals surface area contributed by atoms with Crippen LogP contribution in [0.4, 0.5) is 0 Å². The minimum Gasteiger partial charge on any atom is -0.340 e. The number of hydrogen-bond donors (Lipinski definition) is 2. The Bertz CT molecular complexity index is 1460. The number of fused-ring (bicyclic) bond motifs is 1. The SMILES string of the molecule is C=C/C=C(/c1ccccn1)c1nc(-c2n[nH]c3cnc(-c4cnccc4C)cc23)[nH]c1C. The molecule has 5 aromatic rings. The van der Waals surface area contributed by atoms with E-state index in [2.05, 4.69) is 36.7 Å².